The zero-order chi connectivity index (χ0) is 8.36. The molecule has 0 heterocycles. The first kappa shape index (κ1) is 6.15. The summed E-state index contributed by atoms with van der Waals surface area (Å²) in [6.45, 7) is 0. The number of hydrogen-bond acceptors (Lipinski definition) is 2. The number of rotatable bonds is 3. The van der Waals surface area contributed by atoms with Crippen molar-refractivity contribution in [1.29, 1.82) is 5.53 Å². The second-order valence-corrected chi connectivity index (χ2v) is 0.847. The van der Waals surface area contributed by atoms with Crippen LogP contribution in [-0.4, -0.2) is 6.21 Å². The summed E-state index contributed by atoms with van der Waals surface area (Å²) in [7, 11) is 0. The normalized spacial score (nSPS) is 11.8. The van der Waals surface area contributed by atoms with Crippen LogP contribution in [0.4, 0.5) is 0 Å². The van der Waals surface area contributed by atoms with Gasteiger partial charge in [0.2, 0.25) is 0 Å². The molecule has 0 fully saturated rings. The van der Waals surface area contributed by atoms with Crippen molar-refractivity contribution in [3.8, 4) is 12.3 Å². The lowest BCUT2D eigenvalue weighted by atomic mass is 10.8. The van der Waals surface area contributed by atoms with Gasteiger partial charge in [0.15, 0.2) is 0 Å². The van der Waals surface area contributed by atoms with E-state index in [2.05, 4.69) is 37.1 Å². The summed E-state index contributed by atoms with van der Waals surface area (Å²) in [6, 6.07) is 0. The minimum atomic E-state index is 1.07. The first-order chi connectivity index (χ1) is 5.41. The van der Waals surface area contributed by atoms with E-state index in [1.807, 2.05) is 6.40 Å². The van der Waals surface area contributed by atoms with Crippen LogP contribution in [0.3, 0.4) is 0 Å². The van der Waals surface area contributed by atoms with Crippen molar-refractivity contribution in [2.24, 2.45) is 31.2 Å². The standard InChI is InChI=1S/C3H3N7/c1-2-3-5-7-9-10-8-6-4/h1,3-4H/i1T. The van der Waals surface area contributed by atoms with E-state index in [9.17, 15) is 0 Å². The number of nitrogens with one attached hydrogen (secondary N) is 1. The fraction of sp³-hybridized carbons (Fsp3) is 0. The van der Waals surface area contributed by atoms with E-state index in [0.29, 0.717) is 0 Å². The maximum absolute atomic E-state index is 6.34. The van der Waals surface area contributed by atoms with E-state index in [-0.39, 0.29) is 0 Å². The van der Waals surface area contributed by atoms with Gasteiger partial charge in [-0.2, -0.15) is 5.53 Å². The van der Waals surface area contributed by atoms with E-state index in [0.717, 1.165) is 6.21 Å². The molecule has 7 nitrogen and oxygen atoms in total. The van der Waals surface area contributed by atoms with Crippen LogP contribution >= 0.6 is 0 Å². The van der Waals surface area contributed by atoms with E-state index in [4.69, 9.17) is 6.90 Å². The zero-order valence-electron chi connectivity index (χ0n) is 5.76. The zero-order valence-corrected chi connectivity index (χ0v) is 4.76. The highest BCUT2D eigenvalue weighted by Gasteiger charge is 1.62. The van der Waals surface area contributed by atoms with E-state index < -0.39 is 0 Å². The predicted molar refractivity (Wildman–Crippen MR) is 32.2 cm³/mol. The highest BCUT2D eigenvalue weighted by molar-refractivity contribution is 5.76. The summed E-state index contributed by atoms with van der Waals surface area (Å²) in [4.78, 5) is 0. The van der Waals surface area contributed by atoms with Gasteiger partial charge in [0.25, 0.3) is 0 Å². The smallest absolute Gasteiger partial charge is 0.124 e. The third-order valence-corrected chi connectivity index (χ3v) is 0.339. The molecule has 0 spiro atoms. The van der Waals surface area contributed by atoms with Crippen molar-refractivity contribution in [3.63, 3.8) is 0 Å². The molecule has 0 aromatic rings. The first-order valence-corrected chi connectivity index (χ1v) is 2.02. The molecule has 0 aliphatic carbocycles. The molecule has 50 valence electrons. The average Bonchev–Trinajstić information content (AvgIpc) is 2.03. The molecule has 0 bridgehead atoms. The summed E-state index contributed by atoms with van der Waals surface area (Å²) >= 11 is 0. The highest BCUT2D eigenvalue weighted by Crippen LogP contribution is 1.79. The third-order valence-electron chi connectivity index (χ3n) is 0.339. The average molecular weight is 139 g/mol. The minimum Gasteiger partial charge on any atom is -0.183 e. The van der Waals surface area contributed by atoms with Gasteiger partial charge in [-0.15, -0.1) is 11.5 Å². The van der Waals surface area contributed by atoms with Crippen molar-refractivity contribution < 1.29 is 1.37 Å². The van der Waals surface area contributed by atoms with Gasteiger partial charge in [0, 0.05) is 0 Å². The van der Waals surface area contributed by atoms with E-state index in [1.54, 1.807) is 0 Å². The van der Waals surface area contributed by atoms with E-state index >= 15 is 0 Å². The van der Waals surface area contributed by atoms with Gasteiger partial charge in [-0.25, -0.2) is 0 Å². The summed E-state index contributed by atoms with van der Waals surface area (Å²) in [6.07, 6.45) is 2.89. The van der Waals surface area contributed by atoms with Gasteiger partial charge in [-0.3, -0.25) is 0 Å². The maximum Gasteiger partial charge on any atom is 0.124 e. The quantitative estimate of drug-likeness (QED) is 0.264. The Balaban J connectivity index is 3.65. The van der Waals surface area contributed by atoms with Gasteiger partial charge in [0.05, 0.1) is 0 Å². The van der Waals surface area contributed by atoms with Crippen molar-refractivity contribution in [2.45, 2.75) is 0 Å². The molecule has 0 rings (SSSR count). The Labute approximate surface area is 57.8 Å². The second kappa shape index (κ2) is 7.03. The fourth-order valence-corrected chi connectivity index (χ4v) is 0.134. The number of hydrogen-bond donors (Lipinski definition) is 1. The van der Waals surface area contributed by atoms with Crippen LogP contribution in [0.2, 0.25) is 0 Å². The molecule has 7 heteroatoms. The number of terminal acetylenes is 1. The molecule has 0 aromatic heterocycles. The molecular formula is C3H3N7. The predicted octanol–water partition coefficient (Wildman–Crippen LogP) is 1.37. The Morgan fingerprint density at radius 1 is 1.40 bits per heavy atom. The molecule has 0 saturated carbocycles. The molecular weight excluding hydrogens is 134 g/mol. The maximum atomic E-state index is 6.34. The molecule has 0 aliphatic rings. The molecule has 0 radical (unpaired) electrons. The van der Waals surface area contributed by atoms with Crippen LogP contribution in [-0.2, 0) is 0 Å². The van der Waals surface area contributed by atoms with Crippen molar-refractivity contribution in [1.82, 2.24) is 0 Å². The molecule has 10 heavy (non-hydrogen) atoms. The van der Waals surface area contributed by atoms with Crippen LogP contribution in [0, 0.1) is 17.9 Å². The summed E-state index contributed by atoms with van der Waals surface area (Å²) in [5.74, 6) is 2.18. The van der Waals surface area contributed by atoms with Crippen LogP contribution in [0.1, 0.15) is 1.37 Å². The SMILES string of the molecule is [3H]C#CC=NN=NN=NN=N. The van der Waals surface area contributed by atoms with Gasteiger partial charge in [0.1, 0.15) is 7.59 Å². The fourth-order valence-electron chi connectivity index (χ4n) is 0.134. The third kappa shape index (κ3) is 6.03. The molecule has 0 aliphatic heterocycles. The van der Waals surface area contributed by atoms with Crippen molar-refractivity contribution in [3.05, 3.63) is 0 Å². The van der Waals surface area contributed by atoms with Gasteiger partial charge >= 0.3 is 0 Å². The Bertz CT molecular complexity index is 242. The first-order valence-electron chi connectivity index (χ1n) is 2.52. The molecule has 0 unspecified atom stereocenters. The summed E-state index contributed by atoms with van der Waals surface area (Å²) < 4.78 is 6.34. The van der Waals surface area contributed by atoms with Crippen LogP contribution in [0.25, 0.3) is 0 Å². The Morgan fingerprint density at radius 2 is 2.20 bits per heavy atom. The van der Waals surface area contributed by atoms with Crippen LogP contribution in [0.15, 0.2) is 31.2 Å². The molecule has 0 aromatic carbocycles. The molecule has 0 atom stereocenters. The van der Waals surface area contributed by atoms with Gasteiger partial charge < -0.3 is 0 Å². The Hall–Kier alpha value is -1.97. The minimum absolute atomic E-state index is 1.07. The monoisotopic (exact) mass is 139 g/mol. The topological polar surface area (TPSA) is 98.0 Å². The molecule has 0 amide bonds. The lowest BCUT2D eigenvalue weighted by Gasteiger charge is -1.66. The Kier molecular flexibility index (Phi) is 4.33. The lowest BCUT2D eigenvalue weighted by molar-refractivity contribution is 0.808. The molecule has 0 saturated heterocycles. The highest BCUT2D eigenvalue weighted by atomic mass is 15.6. The van der Waals surface area contributed by atoms with Crippen LogP contribution in [0.5, 0.6) is 0 Å². The van der Waals surface area contributed by atoms with Crippen molar-refractivity contribution in [2.75, 3.05) is 0 Å². The second-order valence-electron chi connectivity index (χ2n) is 0.847. The summed E-state index contributed by atoms with van der Waals surface area (Å²) in [5.41, 5.74) is 6.13. The Morgan fingerprint density at radius 3 is 2.90 bits per heavy atom. The lowest BCUT2D eigenvalue weighted by Crippen LogP contribution is -1.56. The van der Waals surface area contributed by atoms with E-state index in [1.165, 1.54) is 0 Å². The van der Waals surface area contributed by atoms with Gasteiger partial charge in [-0.1, -0.05) is 5.92 Å². The largest absolute Gasteiger partial charge is 0.183 e. The molecule has 1 N–H and O–H groups in total. The number of nitrogens with zero attached hydrogens (tertiary/aromatic N) is 6. The van der Waals surface area contributed by atoms with Crippen molar-refractivity contribution >= 4 is 6.21 Å². The summed E-state index contributed by atoms with van der Waals surface area (Å²) in [5, 5.41) is 17.5. The van der Waals surface area contributed by atoms with Crippen LogP contribution < -0.4 is 0 Å². The van der Waals surface area contributed by atoms with Gasteiger partial charge in [-0.05, 0) is 26.1 Å².